The number of hydrogen-bond acceptors (Lipinski definition) is 7. The molecule has 1 heterocycles. The molecule has 10 heteroatoms. The normalized spacial score (nSPS) is 21.1. The topological polar surface area (TPSA) is 126 Å². The van der Waals surface area contributed by atoms with E-state index in [4.69, 9.17) is 5.11 Å². The van der Waals surface area contributed by atoms with Crippen molar-refractivity contribution in [2.45, 2.75) is 36.7 Å². The molecule has 1 aromatic heterocycles. The number of likely N-dealkylation sites (N-methyl/N-ethyl adjacent to an activating group) is 1. The van der Waals surface area contributed by atoms with E-state index < -0.39 is 16.0 Å². The summed E-state index contributed by atoms with van der Waals surface area (Å²) < 4.78 is 32.3. The third-order valence-corrected chi connectivity index (χ3v) is 5.79. The molecule has 0 unspecified atom stereocenters. The van der Waals surface area contributed by atoms with Crippen molar-refractivity contribution in [3.8, 4) is 0 Å². The number of rotatable bonds is 7. The number of sulfonamides is 1. The Labute approximate surface area is 138 Å². The summed E-state index contributed by atoms with van der Waals surface area (Å²) >= 11 is 0. The monoisotopic (exact) mass is 354 g/mol. The van der Waals surface area contributed by atoms with Gasteiger partial charge in [-0.3, -0.25) is 9.69 Å². The van der Waals surface area contributed by atoms with Crippen LogP contribution in [0.3, 0.4) is 0 Å². The predicted octanol–water partition coefficient (Wildman–Crippen LogP) is 0.439. The molecule has 1 aliphatic rings. The van der Waals surface area contributed by atoms with Gasteiger partial charge in [0.2, 0.25) is 10.0 Å². The minimum absolute atomic E-state index is 0.0302. The van der Waals surface area contributed by atoms with Crippen LogP contribution in [0.15, 0.2) is 27.7 Å². The van der Waals surface area contributed by atoms with Crippen LogP contribution >= 0.6 is 0 Å². The summed E-state index contributed by atoms with van der Waals surface area (Å²) in [6.07, 6.45) is 1.15. The lowest BCUT2D eigenvalue weighted by Gasteiger charge is -2.42. The number of carboxylic acids is 1. The largest absolute Gasteiger partial charge is 0.480 e. The highest BCUT2D eigenvalue weighted by Crippen LogP contribution is 2.28. The fourth-order valence-electron chi connectivity index (χ4n) is 2.94. The maximum absolute atomic E-state index is 12.5. The maximum atomic E-state index is 12.5. The van der Waals surface area contributed by atoms with Crippen molar-refractivity contribution in [3.05, 3.63) is 18.2 Å². The Bertz CT molecular complexity index is 844. The minimum atomic E-state index is -3.74. The molecule has 24 heavy (non-hydrogen) atoms. The SMILES string of the molecule is CCN(CC(=O)O)C1CC(NS(=O)(=O)c2cccc3nonc23)C1. The molecule has 2 N–H and O–H groups in total. The number of nitrogens with one attached hydrogen (secondary N) is 1. The molecule has 130 valence electrons. The molecule has 0 radical (unpaired) electrons. The molecule has 1 fully saturated rings. The number of aromatic nitrogens is 2. The predicted molar refractivity (Wildman–Crippen MR) is 83.8 cm³/mol. The van der Waals surface area contributed by atoms with Crippen molar-refractivity contribution in [2.75, 3.05) is 13.1 Å². The van der Waals surface area contributed by atoms with E-state index >= 15 is 0 Å². The minimum Gasteiger partial charge on any atom is -0.480 e. The molecule has 0 amide bonds. The first-order chi connectivity index (χ1) is 11.4. The molecule has 0 bridgehead atoms. The van der Waals surface area contributed by atoms with Gasteiger partial charge in [-0.25, -0.2) is 17.8 Å². The standard InChI is InChI=1S/C14H18N4O5S/c1-2-18(8-13(19)20)10-6-9(7-10)17-24(21,22)12-5-3-4-11-14(12)16-23-15-11/h3-5,9-10,17H,2,6-8H2,1H3,(H,19,20). The van der Waals surface area contributed by atoms with Crippen LogP contribution in [-0.2, 0) is 14.8 Å². The number of fused-ring (bicyclic) bond motifs is 1. The van der Waals surface area contributed by atoms with Crippen molar-refractivity contribution in [3.63, 3.8) is 0 Å². The van der Waals surface area contributed by atoms with Crippen molar-refractivity contribution in [2.24, 2.45) is 0 Å². The molecular formula is C14H18N4O5S. The third-order valence-electron chi connectivity index (χ3n) is 4.23. The van der Waals surface area contributed by atoms with E-state index in [-0.39, 0.29) is 29.0 Å². The zero-order valence-electron chi connectivity index (χ0n) is 13.0. The first-order valence-electron chi connectivity index (χ1n) is 7.60. The first kappa shape index (κ1) is 16.8. The van der Waals surface area contributed by atoms with Gasteiger partial charge in [-0.1, -0.05) is 13.0 Å². The van der Waals surface area contributed by atoms with E-state index in [2.05, 4.69) is 19.7 Å². The van der Waals surface area contributed by atoms with Gasteiger partial charge < -0.3 is 5.11 Å². The lowest BCUT2D eigenvalue weighted by molar-refractivity contribution is -0.139. The second kappa shape index (κ2) is 6.46. The second-order valence-corrected chi connectivity index (χ2v) is 7.47. The van der Waals surface area contributed by atoms with E-state index in [0.29, 0.717) is 24.9 Å². The van der Waals surface area contributed by atoms with Crippen molar-refractivity contribution in [1.29, 1.82) is 0 Å². The highest BCUT2D eigenvalue weighted by Gasteiger charge is 2.36. The number of aliphatic carboxylic acids is 1. The number of hydrogen-bond donors (Lipinski definition) is 2. The Morgan fingerprint density at radius 3 is 2.83 bits per heavy atom. The molecule has 9 nitrogen and oxygen atoms in total. The van der Waals surface area contributed by atoms with Crippen LogP contribution in [0.25, 0.3) is 11.0 Å². The van der Waals surface area contributed by atoms with Crippen LogP contribution in [0.4, 0.5) is 0 Å². The lowest BCUT2D eigenvalue weighted by Crippen LogP contribution is -2.54. The number of benzene rings is 1. The number of carboxylic acid groups (broad SMARTS) is 1. The molecule has 1 saturated carbocycles. The smallest absolute Gasteiger partial charge is 0.317 e. The zero-order valence-corrected chi connectivity index (χ0v) is 13.9. The van der Waals surface area contributed by atoms with E-state index in [1.165, 1.54) is 6.07 Å². The third kappa shape index (κ3) is 3.25. The summed E-state index contributed by atoms with van der Waals surface area (Å²) in [5.74, 6) is -0.883. The Kier molecular flexibility index (Phi) is 4.52. The molecular weight excluding hydrogens is 336 g/mol. The van der Waals surface area contributed by atoms with Gasteiger partial charge in [0.1, 0.15) is 10.4 Å². The van der Waals surface area contributed by atoms with Crippen LogP contribution in [-0.4, -0.2) is 59.9 Å². The fraction of sp³-hybridized carbons (Fsp3) is 0.500. The molecule has 3 rings (SSSR count). The summed E-state index contributed by atoms with van der Waals surface area (Å²) in [5, 5.41) is 16.2. The van der Waals surface area contributed by atoms with Gasteiger partial charge in [0, 0.05) is 12.1 Å². The van der Waals surface area contributed by atoms with Crippen LogP contribution in [0.5, 0.6) is 0 Å². The Hall–Kier alpha value is -2.04. The van der Waals surface area contributed by atoms with Crippen molar-refractivity contribution < 1.29 is 22.9 Å². The summed E-state index contributed by atoms with van der Waals surface area (Å²) in [6.45, 7) is 2.46. The first-order valence-corrected chi connectivity index (χ1v) is 9.08. The number of carbonyl (C=O) groups is 1. The van der Waals surface area contributed by atoms with Gasteiger partial charge in [-0.05, 0) is 41.8 Å². The van der Waals surface area contributed by atoms with E-state index in [1.54, 1.807) is 12.1 Å². The molecule has 2 aromatic rings. The van der Waals surface area contributed by atoms with E-state index in [9.17, 15) is 13.2 Å². The van der Waals surface area contributed by atoms with Crippen molar-refractivity contribution >= 4 is 27.0 Å². The van der Waals surface area contributed by atoms with Gasteiger partial charge in [0.25, 0.3) is 0 Å². The highest BCUT2D eigenvalue weighted by atomic mass is 32.2. The quantitative estimate of drug-likeness (QED) is 0.733. The van der Waals surface area contributed by atoms with E-state index in [0.717, 1.165) is 0 Å². The average Bonchev–Trinajstić information content (AvgIpc) is 2.96. The summed E-state index contributed by atoms with van der Waals surface area (Å²) in [6, 6.07) is 4.50. The fourth-order valence-corrected chi connectivity index (χ4v) is 4.35. The van der Waals surface area contributed by atoms with Crippen molar-refractivity contribution in [1.82, 2.24) is 19.9 Å². The molecule has 1 aromatic carbocycles. The van der Waals surface area contributed by atoms with Gasteiger partial charge >= 0.3 is 5.97 Å². The lowest BCUT2D eigenvalue weighted by atomic mass is 9.86. The molecule has 0 spiro atoms. The Balaban J connectivity index is 1.67. The summed E-state index contributed by atoms with van der Waals surface area (Å²) in [5.41, 5.74) is 0.574. The molecule has 0 atom stereocenters. The van der Waals surface area contributed by atoms with E-state index in [1.807, 2.05) is 11.8 Å². The van der Waals surface area contributed by atoms with Crippen LogP contribution in [0.2, 0.25) is 0 Å². The van der Waals surface area contributed by atoms with Gasteiger partial charge in [-0.2, -0.15) is 0 Å². The molecule has 1 aliphatic carbocycles. The molecule has 0 aliphatic heterocycles. The van der Waals surface area contributed by atoms with Gasteiger partial charge in [0.15, 0.2) is 5.52 Å². The zero-order chi connectivity index (χ0) is 17.3. The average molecular weight is 354 g/mol. The highest BCUT2D eigenvalue weighted by molar-refractivity contribution is 7.89. The Morgan fingerprint density at radius 2 is 2.17 bits per heavy atom. The number of nitrogens with zero attached hydrogens (tertiary/aromatic N) is 3. The summed E-state index contributed by atoms with van der Waals surface area (Å²) in [7, 11) is -3.74. The van der Waals surface area contributed by atoms with Gasteiger partial charge in [-0.15, -0.1) is 0 Å². The van der Waals surface area contributed by atoms with Crippen LogP contribution in [0.1, 0.15) is 19.8 Å². The van der Waals surface area contributed by atoms with Crippen LogP contribution < -0.4 is 4.72 Å². The second-order valence-electron chi connectivity index (χ2n) is 5.79. The van der Waals surface area contributed by atoms with Gasteiger partial charge in [0.05, 0.1) is 6.54 Å². The summed E-state index contributed by atoms with van der Waals surface area (Å²) in [4.78, 5) is 12.7. The Morgan fingerprint density at radius 1 is 1.42 bits per heavy atom. The van der Waals surface area contributed by atoms with Crippen LogP contribution in [0, 0.1) is 0 Å². The maximum Gasteiger partial charge on any atom is 0.317 e. The molecule has 0 saturated heterocycles.